The number of allylic oxidation sites excluding steroid dienone is 1. The molecule has 1 aliphatic rings. The molecular formula is C22H18O. The lowest BCUT2D eigenvalue weighted by Crippen LogP contribution is -1.88. The molecule has 23 heavy (non-hydrogen) atoms. The first kappa shape index (κ1) is 13.8. The molecular weight excluding hydrogens is 280 g/mol. The van der Waals surface area contributed by atoms with Crippen molar-refractivity contribution in [1.29, 1.82) is 0 Å². The van der Waals surface area contributed by atoms with Crippen molar-refractivity contribution >= 4 is 11.6 Å². The standard InChI is InChI=1S/C22H18O/c1-23-20-12-10-17(11-13-20)21-9-5-8-18-14-19(15-22(18)21)16-6-3-2-4-7-16/h2-13,15H,14H2,1H3. The predicted molar refractivity (Wildman–Crippen MR) is 96.4 cm³/mol. The van der Waals surface area contributed by atoms with E-state index in [-0.39, 0.29) is 0 Å². The molecule has 0 saturated carbocycles. The fourth-order valence-electron chi connectivity index (χ4n) is 3.23. The van der Waals surface area contributed by atoms with E-state index in [0.29, 0.717) is 0 Å². The molecule has 0 amide bonds. The molecule has 0 saturated heterocycles. The summed E-state index contributed by atoms with van der Waals surface area (Å²) in [7, 11) is 1.70. The molecule has 0 bridgehead atoms. The molecule has 0 radical (unpaired) electrons. The van der Waals surface area contributed by atoms with Crippen LogP contribution >= 0.6 is 0 Å². The molecule has 0 heterocycles. The van der Waals surface area contributed by atoms with Crippen molar-refractivity contribution in [2.75, 3.05) is 7.11 Å². The van der Waals surface area contributed by atoms with Crippen LogP contribution in [-0.2, 0) is 6.42 Å². The van der Waals surface area contributed by atoms with Crippen LogP contribution in [0.1, 0.15) is 16.7 Å². The van der Waals surface area contributed by atoms with Crippen molar-refractivity contribution in [3.63, 3.8) is 0 Å². The molecule has 1 nitrogen and oxygen atoms in total. The third kappa shape index (κ3) is 2.55. The summed E-state index contributed by atoms with van der Waals surface area (Å²) in [6.45, 7) is 0. The molecule has 112 valence electrons. The topological polar surface area (TPSA) is 9.23 Å². The summed E-state index contributed by atoms with van der Waals surface area (Å²) in [5.74, 6) is 0.891. The summed E-state index contributed by atoms with van der Waals surface area (Å²) in [4.78, 5) is 0. The number of rotatable bonds is 3. The largest absolute Gasteiger partial charge is 0.497 e. The van der Waals surface area contributed by atoms with Crippen LogP contribution in [0.4, 0.5) is 0 Å². The first-order valence-electron chi connectivity index (χ1n) is 7.87. The highest BCUT2D eigenvalue weighted by Gasteiger charge is 2.17. The number of ether oxygens (including phenoxy) is 1. The molecule has 4 rings (SSSR count). The van der Waals surface area contributed by atoms with Crippen molar-refractivity contribution < 1.29 is 4.74 Å². The molecule has 0 unspecified atom stereocenters. The minimum Gasteiger partial charge on any atom is -0.497 e. The Bertz CT molecular complexity index is 858. The Hall–Kier alpha value is -2.80. The molecule has 0 spiro atoms. The van der Waals surface area contributed by atoms with Crippen LogP contribution in [0.3, 0.4) is 0 Å². The maximum Gasteiger partial charge on any atom is 0.118 e. The summed E-state index contributed by atoms with van der Waals surface area (Å²) < 4.78 is 5.26. The fourth-order valence-corrected chi connectivity index (χ4v) is 3.23. The van der Waals surface area contributed by atoms with Gasteiger partial charge in [-0.05, 0) is 58.0 Å². The average molecular weight is 298 g/mol. The highest BCUT2D eigenvalue weighted by Crippen LogP contribution is 2.37. The quantitative estimate of drug-likeness (QED) is 0.624. The maximum atomic E-state index is 5.26. The average Bonchev–Trinajstić information content (AvgIpc) is 3.07. The van der Waals surface area contributed by atoms with Gasteiger partial charge in [0.2, 0.25) is 0 Å². The molecule has 3 aromatic carbocycles. The molecule has 0 fully saturated rings. The molecule has 3 aromatic rings. The Morgan fingerprint density at radius 1 is 0.739 bits per heavy atom. The van der Waals surface area contributed by atoms with Gasteiger partial charge in [-0.2, -0.15) is 0 Å². The van der Waals surface area contributed by atoms with E-state index in [1.165, 1.54) is 33.4 Å². The van der Waals surface area contributed by atoms with E-state index in [1.54, 1.807) is 7.11 Å². The van der Waals surface area contributed by atoms with Crippen molar-refractivity contribution in [1.82, 2.24) is 0 Å². The Morgan fingerprint density at radius 3 is 2.26 bits per heavy atom. The van der Waals surface area contributed by atoms with Crippen LogP contribution in [0.25, 0.3) is 22.8 Å². The van der Waals surface area contributed by atoms with Crippen LogP contribution in [0.15, 0.2) is 72.8 Å². The van der Waals surface area contributed by atoms with Gasteiger partial charge in [0.25, 0.3) is 0 Å². The number of methoxy groups -OCH3 is 1. The van der Waals surface area contributed by atoms with Crippen LogP contribution in [0.5, 0.6) is 5.75 Å². The SMILES string of the molecule is COc1ccc(-c2cccc3c2C=C(c2ccccc2)C3)cc1. The van der Waals surface area contributed by atoms with E-state index in [2.05, 4.69) is 66.7 Å². The first-order chi connectivity index (χ1) is 11.3. The van der Waals surface area contributed by atoms with E-state index in [4.69, 9.17) is 4.74 Å². The number of benzene rings is 3. The second-order valence-electron chi connectivity index (χ2n) is 5.82. The van der Waals surface area contributed by atoms with Gasteiger partial charge in [0, 0.05) is 0 Å². The Kier molecular flexibility index (Phi) is 3.47. The van der Waals surface area contributed by atoms with Gasteiger partial charge in [0.05, 0.1) is 7.11 Å². The molecule has 0 atom stereocenters. The van der Waals surface area contributed by atoms with Crippen molar-refractivity contribution in [3.8, 4) is 16.9 Å². The van der Waals surface area contributed by atoms with Crippen LogP contribution in [0, 0.1) is 0 Å². The Labute approximate surface area is 136 Å². The summed E-state index contributed by atoms with van der Waals surface area (Å²) in [5, 5.41) is 0. The normalized spacial score (nSPS) is 12.7. The molecule has 1 aliphatic carbocycles. The molecule has 0 aliphatic heterocycles. The summed E-state index contributed by atoms with van der Waals surface area (Å²) in [6.07, 6.45) is 3.34. The zero-order valence-corrected chi connectivity index (χ0v) is 13.1. The van der Waals surface area contributed by atoms with Crippen LogP contribution in [-0.4, -0.2) is 7.11 Å². The second-order valence-corrected chi connectivity index (χ2v) is 5.82. The van der Waals surface area contributed by atoms with Crippen LogP contribution in [0.2, 0.25) is 0 Å². The van der Waals surface area contributed by atoms with E-state index in [1.807, 2.05) is 12.1 Å². The smallest absolute Gasteiger partial charge is 0.118 e. The van der Waals surface area contributed by atoms with Gasteiger partial charge < -0.3 is 4.74 Å². The lowest BCUT2D eigenvalue weighted by molar-refractivity contribution is 0.415. The van der Waals surface area contributed by atoms with Gasteiger partial charge in [0.15, 0.2) is 0 Å². The van der Waals surface area contributed by atoms with E-state index >= 15 is 0 Å². The highest BCUT2D eigenvalue weighted by atomic mass is 16.5. The minimum atomic E-state index is 0.891. The maximum absolute atomic E-state index is 5.26. The van der Waals surface area contributed by atoms with Crippen molar-refractivity contribution in [2.45, 2.75) is 6.42 Å². The van der Waals surface area contributed by atoms with Gasteiger partial charge in [0.1, 0.15) is 5.75 Å². The summed E-state index contributed by atoms with van der Waals surface area (Å²) >= 11 is 0. The Morgan fingerprint density at radius 2 is 1.52 bits per heavy atom. The van der Waals surface area contributed by atoms with Gasteiger partial charge in [-0.3, -0.25) is 0 Å². The van der Waals surface area contributed by atoms with Gasteiger partial charge >= 0.3 is 0 Å². The predicted octanol–water partition coefficient (Wildman–Crippen LogP) is 5.46. The minimum absolute atomic E-state index is 0.891. The Balaban J connectivity index is 1.77. The summed E-state index contributed by atoms with van der Waals surface area (Å²) in [5.41, 5.74) is 7.96. The number of hydrogen-bond acceptors (Lipinski definition) is 1. The zero-order chi connectivity index (χ0) is 15.6. The van der Waals surface area contributed by atoms with E-state index in [9.17, 15) is 0 Å². The third-order valence-corrected chi connectivity index (χ3v) is 4.44. The highest BCUT2D eigenvalue weighted by molar-refractivity contribution is 5.93. The zero-order valence-electron chi connectivity index (χ0n) is 13.1. The van der Waals surface area contributed by atoms with Crippen molar-refractivity contribution in [2.24, 2.45) is 0 Å². The second kappa shape index (κ2) is 5.77. The molecule has 0 N–H and O–H groups in total. The number of hydrogen-bond donors (Lipinski definition) is 0. The third-order valence-electron chi connectivity index (χ3n) is 4.44. The lowest BCUT2D eigenvalue weighted by atomic mass is 9.97. The number of fused-ring (bicyclic) bond motifs is 1. The van der Waals surface area contributed by atoms with Gasteiger partial charge in [-0.25, -0.2) is 0 Å². The van der Waals surface area contributed by atoms with E-state index < -0.39 is 0 Å². The molecule has 0 aromatic heterocycles. The molecule has 1 heteroatoms. The summed E-state index contributed by atoms with van der Waals surface area (Å²) in [6, 6.07) is 25.5. The lowest BCUT2D eigenvalue weighted by Gasteiger charge is -2.08. The first-order valence-corrected chi connectivity index (χ1v) is 7.87. The monoisotopic (exact) mass is 298 g/mol. The van der Waals surface area contributed by atoms with Gasteiger partial charge in [-0.15, -0.1) is 0 Å². The van der Waals surface area contributed by atoms with Gasteiger partial charge in [-0.1, -0.05) is 60.7 Å². The van der Waals surface area contributed by atoms with E-state index in [0.717, 1.165) is 12.2 Å². The van der Waals surface area contributed by atoms with Crippen molar-refractivity contribution in [3.05, 3.63) is 89.5 Å². The fraction of sp³-hybridized carbons (Fsp3) is 0.0909. The van der Waals surface area contributed by atoms with Crippen LogP contribution < -0.4 is 4.74 Å².